The zero-order chi connectivity index (χ0) is 18.5. The highest BCUT2D eigenvalue weighted by Gasteiger charge is 2.24. The van der Waals surface area contributed by atoms with Crippen LogP contribution < -0.4 is 5.32 Å². The van der Waals surface area contributed by atoms with Crippen LogP contribution in [0, 0.1) is 5.82 Å². The third-order valence-corrected chi connectivity index (χ3v) is 4.74. The Morgan fingerprint density at radius 3 is 2.58 bits per heavy atom. The second-order valence-corrected chi connectivity index (χ2v) is 6.68. The number of carbonyl (C=O) groups excluding carboxylic acids is 1. The van der Waals surface area contributed by atoms with Crippen LogP contribution in [0.2, 0.25) is 10.2 Å². The van der Waals surface area contributed by atoms with Crippen LogP contribution in [0.1, 0.15) is 22.1 Å². The number of morpholine rings is 1. The van der Waals surface area contributed by atoms with Gasteiger partial charge in [0.15, 0.2) is 0 Å². The molecule has 1 saturated heterocycles. The molecule has 0 saturated carbocycles. The van der Waals surface area contributed by atoms with Gasteiger partial charge in [0.1, 0.15) is 16.7 Å². The molecule has 1 N–H and O–H groups in total. The molecule has 0 radical (unpaired) electrons. The topological polar surface area (TPSA) is 54.5 Å². The smallest absolute Gasteiger partial charge is 0.271 e. The number of halogens is 3. The third-order valence-electron chi connectivity index (χ3n) is 4.22. The molecule has 2 heterocycles. The van der Waals surface area contributed by atoms with Gasteiger partial charge in [-0.2, -0.15) is 0 Å². The van der Waals surface area contributed by atoms with E-state index in [4.69, 9.17) is 27.9 Å². The predicted octanol–water partition coefficient (Wildman–Crippen LogP) is 3.33. The first-order chi connectivity index (χ1) is 12.5. The molecule has 1 aliphatic rings. The van der Waals surface area contributed by atoms with Crippen LogP contribution in [0.4, 0.5) is 4.39 Å². The van der Waals surface area contributed by atoms with E-state index in [1.807, 2.05) is 0 Å². The number of hydrogen-bond donors (Lipinski definition) is 1. The van der Waals surface area contributed by atoms with E-state index in [2.05, 4.69) is 15.2 Å². The fourth-order valence-electron chi connectivity index (χ4n) is 2.88. The molecule has 0 unspecified atom stereocenters. The number of benzene rings is 1. The van der Waals surface area contributed by atoms with Crippen LogP contribution >= 0.6 is 23.2 Å². The molecule has 1 aliphatic heterocycles. The minimum Gasteiger partial charge on any atom is -0.379 e. The van der Waals surface area contributed by atoms with Crippen LogP contribution in [0.25, 0.3) is 0 Å². The Labute approximate surface area is 161 Å². The van der Waals surface area contributed by atoms with Crippen LogP contribution in [0.5, 0.6) is 0 Å². The first-order valence-corrected chi connectivity index (χ1v) is 8.97. The molecule has 1 aromatic carbocycles. The largest absolute Gasteiger partial charge is 0.379 e. The van der Waals surface area contributed by atoms with Crippen molar-refractivity contribution in [2.45, 2.75) is 6.04 Å². The monoisotopic (exact) mass is 397 g/mol. The third kappa shape index (κ3) is 4.71. The van der Waals surface area contributed by atoms with E-state index in [-0.39, 0.29) is 27.7 Å². The number of aromatic nitrogens is 1. The SMILES string of the molecule is O=C(NC[C@@H](c1ccc(F)cc1)N1CCOCC1)c1nc(Cl)ccc1Cl. The molecule has 1 aromatic heterocycles. The van der Waals surface area contributed by atoms with Gasteiger partial charge in [-0.15, -0.1) is 0 Å². The standard InChI is InChI=1S/C18H18Cl2FN3O2/c19-14-5-6-16(20)23-17(14)18(25)22-11-15(24-7-9-26-10-8-24)12-1-3-13(21)4-2-12/h1-6,15H,7-11H2,(H,22,25)/t15-/m0/s1. The number of amides is 1. The Bertz CT molecular complexity index is 768. The van der Waals surface area contributed by atoms with E-state index < -0.39 is 5.91 Å². The Balaban J connectivity index is 1.75. The number of carbonyl (C=O) groups is 1. The quantitative estimate of drug-likeness (QED) is 0.786. The van der Waals surface area contributed by atoms with Gasteiger partial charge in [0.2, 0.25) is 0 Å². The van der Waals surface area contributed by atoms with Crippen molar-refractivity contribution in [3.8, 4) is 0 Å². The van der Waals surface area contributed by atoms with E-state index in [1.165, 1.54) is 24.3 Å². The van der Waals surface area contributed by atoms with Crippen LogP contribution in [0.3, 0.4) is 0 Å². The molecule has 0 bridgehead atoms. The fourth-order valence-corrected chi connectivity index (χ4v) is 3.22. The lowest BCUT2D eigenvalue weighted by Crippen LogP contribution is -2.44. The highest BCUT2D eigenvalue weighted by atomic mass is 35.5. The molecule has 8 heteroatoms. The maximum absolute atomic E-state index is 13.3. The summed E-state index contributed by atoms with van der Waals surface area (Å²) in [4.78, 5) is 18.7. The summed E-state index contributed by atoms with van der Waals surface area (Å²) in [6.07, 6.45) is 0. The number of nitrogens with one attached hydrogen (secondary N) is 1. The molecule has 5 nitrogen and oxygen atoms in total. The summed E-state index contributed by atoms with van der Waals surface area (Å²) >= 11 is 11.9. The van der Waals surface area contributed by atoms with Gasteiger partial charge in [-0.3, -0.25) is 9.69 Å². The number of ether oxygens (including phenoxy) is 1. The molecule has 1 atom stereocenters. The van der Waals surface area contributed by atoms with Gasteiger partial charge < -0.3 is 10.1 Å². The summed E-state index contributed by atoms with van der Waals surface area (Å²) in [5.41, 5.74) is 0.998. The highest BCUT2D eigenvalue weighted by molar-refractivity contribution is 6.34. The van der Waals surface area contributed by atoms with Crippen molar-refractivity contribution < 1.29 is 13.9 Å². The molecule has 3 rings (SSSR count). The van der Waals surface area contributed by atoms with Crippen molar-refractivity contribution in [3.63, 3.8) is 0 Å². The number of pyridine rings is 1. The lowest BCUT2D eigenvalue weighted by molar-refractivity contribution is 0.0162. The fraction of sp³-hybridized carbons (Fsp3) is 0.333. The second-order valence-electron chi connectivity index (χ2n) is 5.89. The van der Waals surface area contributed by atoms with E-state index >= 15 is 0 Å². The average Bonchev–Trinajstić information content (AvgIpc) is 2.66. The van der Waals surface area contributed by atoms with Gasteiger partial charge >= 0.3 is 0 Å². The zero-order valence-corrected chi connectivity index (χ0v) is 15.4. The normalized spacial score (nSPS) is 16.3. The molecule has 1 fully saturated rings. The Hall–Kier alpha value is -1.73. The van der Waals surface area contributed by atoms with Crippen molar-refractivity contribution in [2.24, 2.45) is 0 Å². The lowest BCUT2D eigenvalue weighted by Gasteiger charge is -2.35. The maximum Gasteiger partial charge on any atom is 0.271 e. The van der Waals surface area contributed by atoms with Crippen LogP contribution in [-0.2, 0) is 4.74 Å². The Morgan fingerprint density at radius 1 is 1.19 bits per heavy atom. The molecule has 138 valence electrons. The summed E-state index contributed by atoms with van der Waals surface area (Å²) in [6.45, 7) is 3.03. The molecule has 0 aliphatic carbocycles. The van der Waals surface area contributed by atoms with Gasteiger partial charge in [-0.25, -0.2) is 9.37 Å². The summed E-state index contributed by atoms with van der Waals surface area (Å²) in [5.74, 6) is -0.703. The van der Waals surface area contributed by atoms with Crippen molar-refractivity contribution in [3.05, 3.63) is 63.6 Å². The second kappa shape index (κ2) is 8.77. The minimum atomic E-state index is -0.405. The summed E-state index contributed by atoms with van der Waals surface area (Å²) in [6, 6.07) is 9.24. The van der Waals surface area contributed by atoms with E-state index in [0.29, 0.717) is 19.8 Å². The van der Waals surface area contributed by atoms with E-state index in [0.717, 1.165) is 18.7 Å². The van der Waals surface area contributed by atoms with Gasteiger partial charge in [-0.05, 0) is 29.8 Å². The van der Waals surface area contributed by atoms with E-state index in [1.54, 1.807) is 12.1 Å². The molecule has 0 spiro atoms. The molecular formula is C18H18Cl2FN3O2. The van der Waals surface area contributed by atoms with Crippen LogP contribution in [0.15, 0.2) is 36.4 Å². The van der Waals surface area contributed by atoms with E-state index in [9.17, 15) is 9.18 Å². The molecule has 2 aromatic rings. The summed E-state index contributed by atoms with van der Waals surface area (Å²) in [5, 5.41) is 3.29. The zero-order valence-electron chi connectivity index (χ0n) is 13.9. The van der Waals surface area contributed by atoms with Crippen molar-refractivity contribution in [2.75, 3.05) is 32.8 Å². The number of hydrogen-bond acceptors (Lipinski definition) is 4. The summed E-state index contributed by atoms with van der Waals surface area (Å²) in [7, 11) is 0. The average molecular weight is 398 g/mol. The minimum absolute atomic E-state index is 0.0824. The summed E-state index contributed by atoms with van der Waals surface area (Å²) < 4.78 is 18.7. The first-order valence-electron chi connectivity index (χ1n) is 8.22. The highest BCUT2D eigenvalue weighted by Crippen LogP contribution is 2.22. The molecule has 26 heavy (non-hydrogen) atoms. The molecule has 1 amide bonds. The maximum atomic E-state index is 13.3. The van der Waals surface area contributed by atoms with Crippen molar-refractivity contribution in [1.82, 2.24) is 15.2 Å². The van der Waals surface area contributed by atoms with Crippen LogP contribution in [-0.4, -0.2) is 48.6 Å². The Kier molecular flexibility index (Phi) is 6.43. The first kappa shape index (κ1) is 19.0. The van der Waals surface area contributed by atoms with Crippen molar-refractivity contribution in [1.29, 1.82) is 0 Å². The number of rotatable bonds is 5. The van der Waals surface area contributed by atoms with Gasteiger partial charge in [0.05, 0.1) is 24.3 Å². The van der Waals surface area contributed by atoms with Gasteiger partial charge in [0, 0.05) is 19.6 Å². The van der Waals surface area contributed by atoms with Crippen molar-refractivity contribution >= 4 is 29.1 Å². The lowest BCUT2D eigenvalue weighted by atomic mass is 10.0. The van der Waals surface area contributed by atoms with Gasteiger partial charge in [0.25, 0.3) is 5.91 Å². The Morgan fingerprint density at radius 2 is 1.88 bits per heavy atom. The predicted molar refractivity (Wildman–Crippen MR) is 98.1 cm³/mol. The number of nitrogens with zero attached hydrogens (tertiary/aromatic N) is 2. The van der Waals surface area contributed by atoms with Gasteiger partial charge in [-0.1, -0.05) is 35.3 Å². The molecular weight excluding hydrogens is 380 g/mol.